The molecule has 1 aromatic rings. The van der Waals surface area contributed by atoms with Crippen LogP contribution in [-0.2, 0) is 15.8 Å². The highest BCUT2D eigenvalue weighted by atomic mass is 35.5. The molecule has 23 heavy (non-hydrogen) atoms. The van der Waals surface area contributed by atoms with Gasteiger partial charge in [0.2, 0.25) is 10.0 Å². The van der Waals surface area contributed by atoms with E-state index in [9.17, 15) is 8.42 Å². The monoisotopic (exact) mass is 377 g/mol. The van der Waals surface area contributed by atoms with Crippen LogP contribution in [0.3, 0.4) is 0 Å². The van der Waals surface area contributed by atoms with Gasteiger partial charge in [-0.15, -0.1) is 0 Å². The quantitative estimate of drug-likeness (QED) is 0.868. The largest absolute Gasteiger partial charge is 0.314 e. The molecule has 2 aliphatic rings. The Balaban J connectivity index is 1.66. The van der Waals surface area contributed by atoms with E-state index in [0.717, 1.165) is 32.6 Å². The molecule has 0 saturated carbocycles. The van der Waals surface area contributed by atoms with Crippen molar-refractivity contribution in [1.29, 1.82) is 0 Å². The number of benzene rings is 1. The van der Waals surface area contributed by atoms with Crippen molar-refractivity contribution in [2.45, 2.75) is 18.2 Å². The Labute approximate surface area is 147 Å². The van der Waals surface area contributed by atoms with Crippen LogP contribution in [0, 0.1) is 0 Å². The van der Waals surface area contributed by atoms with Crippen molar-refractivity contribution >= 4 is 33.2 Å². The van der Waals surface area contributed by atoms with Crippen molar-refractivity contribution in [3.63, 3.8) is 0 Å². The molecule has 1 N–H and O–H groups in total. The lowest BCUT2D eigenvalue weighted by atomic mass is 10.2. The average molecular weight is 378 g/mol. The second kappa shape index (κ2) is 7.25. The molecule has 0 radical (unpaired) electrons. The van der Waals surface area contributed by atoms with Gasteiger partial charge in [0, 0.05) is 55.4 Å². The molecule has 1 unspecified atom stereocenters. The second-order valence-corrected chi connectivity index (χ2v) is 8.96. The fourth-order valence-electron chi connectivity index (χ4n) is 3.30. The summed E-state index contributed by atoms with van der Waals surface area (Å²) in [6.45, 7) is 5.10. The molecular formula is C15H21Cl2N3O2S. The molecule has 0 amide bonds. The number of nitrogens with zero attached hydrogens (tertiary/aromatic N) is 2. The second-order valence-electron chi connectivity index (χ2n) is 6.12. The highest BCUT2D eigenvalue weighted by molar-refractivity contribution is 7.88. The summed E-state index contributed by atoms with van der Waals surface area (Å²) < 4.78 is 26.9. The standard InChI is InChI=1S/C15H21Cl2N3O2S/c16-13-7-12(8-14(17)9-13)11-23(21,22)20-4-1-15(10-20)19-5-2-18-3-6-19/h7-9,15,18H,1-6,10-11H2. The average Bonchev–Trinajstić information content (AvgIpc) is 2.97. The van der Waals surface area contributed by atoms with Gasteiger partial charge in [-0.1, -0.05) is 23.2 Å². The number of piperazine rings is 1. The molecule has 0 aliphatic carbocycles. The van der Waals surface area contributed by atoms with E-state index in [1.807, 2.05) is 0 Å². The zero-order valence-electron chi connectivity index (χ0n) is 12.8. The van der Waals surface area contributed by atoms with Gasteiger partial charge in [-0.05, 0) is 30.2 Å². The molecule has 3 rings (SSSR count). The molecule has 1 aromatic carbocycles. The Kier molecular flexibility index (Phi) is 5.50. The van der Waals surface area contributed by atoms with Crippen molar-refractivity contribution in [3.05, 3.63) is 33.8 Å². The minimum Gasteiger partial charge on any atom is -0.314 e. The van der Waals surface area contributed by atoms with Crippen molar-refractivity contribution in [3.8, 4) is 0 Å². The zero-order valence-corrected chi connectivity index (χ0v) is 15.2. The number of rotatable bonds is 4. The summed E-state index contributed by atoms with van der Waals surface area (Å²) in [5, 5.41) is 4.25. The highest BCUT2D eigenvalue weighted by Crippen LogP contribution is 2.24. The third kappa shape index (κ3) is 4.38. The summed E-state index contributed by atoms with van der Waals surface area (Å²) in [7, 11) is -3.34. The Morgan fingerprint density at radius 3 is 2.39 bits per heavy atom. The molecule has 128 valence electrons. The first-order valence-corrected chi connectivity index (χ1v) is 10.2. The zero-order chi connectivity index (χ0) is 16.4. The van der Waals surface area contributed by atoms with E-state index in [4.69, 9.17) is 23.2 Å². The van der Waals surface area contributed by atoms with Gasteiger partial charge < -0.3 is 5.32 Å². The van der Waals surface area contributed by atoms with Gasteiger partial charge in [0.1, 0.15) is 0 Å². The van der Waals surface area contributed by atoms with Crippen LogP contribution in [0.15, 0.2) is 18.2 Å². The lowest BCUT2D eigenvalue weighted by Crippen LogP contribution is -2.49. The van der Waals surface area contributed by atoms with Crippen molar-refractivity contribution in [2.24, 2.45) is 0 Å². The molecule has 2 aliphatic heterocycles. The molecule has 0 aromatic heterocycles. The fraction of sp³-hybridized carbons (Fsp3) is 0.600. The van der Waals surface area contributed by atoms with Gasteiger partial charge in [0.05, 0.1) is 5.75 Å². The lowest BCUT2D eigenvalue weighted by Gasteiger charge is -2.32. The molecule has 2 saturated heterocycles. The summed E-state index contributed by atoms with van der Waals surface area (Å²) in [5.41, 5.74) is 0.633. The van der Waals surface area contributed by atoms with Crippen LogP contribution in [0.4, 0.5) is 0 Å². The van der Waals surface area contributed by atoms with E-state index in [0.29, 0.717) is 34.7 Å². The van der Waals surface area contributed by atoms with E-state index in [-0.39, 0.29) is 5.75 Å². The summed E-state index contributed by atoms with van der Waals surface area (Å²) in [5.74, 6) is -0.0540. The number of hydrogen-bond donors (Lipinski definition) is 1. The molecule has 5 nitrogen and oxygen atoms in total. The molecule has 8 heteroatoms. The number of hydrogen-bond acceptors (Lipinski definition) is 4. The van der Waals surface area contributed by atoms with Crippen LogP contribution in [0.5, 0.6) is 0 Å². The minimum atomic E-state index is -3.34. The maximum atomic E-state index is 12.7. The van der Waals surface area contributed by atoms with E-state index in [1.54, 1.807) is 22.5 Å². The van der Waals surface area contributed by atoms with Gasteiger partial charge in [0.15, 0.2) is 0 Å². The molecule has 0 spiro atoms. The van der Waals surface area contributed by atoms with Crippen LogP contribution >= 0.6 is 23.2 Å². The smallest absolute Gasteiger partial charge is 0.218 e. The predicted octanol–water partition coefficient (Wildman–Crippen LogP) is 1.80. The first-order chi connectivity index (χ1) is 10.9. The van der Waals surface area contributed by atoms with Crippen LogP contribution < -0.4 is 5.32 Å². The Hall–Kier alpha value is -0.370. The number of sulfonamides is 1. The summed E-state index contributed by atoms with van der Waals surface area (Å²) in [6, 6.07) is 5.26. The number of halogens is 2. The Morgan fingerprint density at radius 2 is 1.74 bits per heavy atom. The van der Waals surface area contributed by atoms with Gasteiger partial charge in [-0.3, -0.25) is 4.90 Å². The maximum Gasteiger partial charge on any atom is 0.218 e. The van der Waals surface area contributed by atoms with Crippen LogP contribution in [0.2, 0.25) is 10.0 Å². The summed E-state index contributed by atoms with van der Waals surface area (Å²) in [4.78, 5) is 2.39. The molecule has 1 atom stereocenters. The van der Waals surface area contributed by atoms with Crippen molar-refractivity contribution in [1.82, 2.24) is 14.5 Å². The first-order valence-electron chi connectivity index (χ1n) is 7.81. The topological polar surface area (TPSA) is 52.7 Å². The number of nitrogens with one attached hydrogen (secondary N) is 1. The van der Waals surface area contributed by atoms with Gasteiger partial charge >= 0.3 is 0 Å². The summed E-state index contributed by atoms with van der Waals surface area (Å²) in [6.07, 6.45) is 0.898. The van der Waals surface area contributed by atoms with Crippen LogP contribution in [0.1, 0.15) is 12.0 Å². The predicted molar refractivity (Wildman–Crippen MR) is 93.5 cm³/mol. The Bertz CT molecular complexity index is 642. The maximum absolute atomic E-state index is 12.7. The van der Waals surface area contributed by atoms with E-state index in [1.165, 1.54) is 0 Å². The van der Waals surface area contributed by atoms with Crippen molar-refractivity contribution < 1.29 is 8.42 Å². The Morgan fingerprint density at radius 1 is 1.09 bits per heavy atom. The van der Waals surface area contributed by atoms with E-state index < -0.39 is 10.0 Å². The normalized spacial score (nSPS) is 24.2. The van der Waals surface area contributed by atoms with E-state index >= 15 is 0 Å². The molecule has 0 bridgehead atoms. The molecular weight excluding hydrogens is 357 g/mol. The van der Waals surface area contributed by atoms with E-state index in [2.05, 4.69) is 10.2 Å². The first kappa shape index (κ1) is 17.5. The van der Waals surface area contributed by atoms with Crippen LogP contribution in [0.25, 0.3) is 0 Å². The molecule has 2 heterocycles. The van der Waals surface area contributed by atoms with Crippen LogP contribution in [-0.4, -0.2) is 62.9 Å². The van der Waals surface area contributed by atoms with Crippen molar-refractivity contribution in [2.75, 3.05) is 39.3 Å². The lowest BCUT2D eigenvalue weighted by molar-refractivity contribution is 0.179. The third-order valence-electron chi connectivity index (χ3n) is 4.46. The fourth-order valence-corrected chi connectivity index (χ4v) is 5.43. The summed E-state index contributed by atoms with van der Waals surface area (Å²) >= 11 is 11.9. The minimum absolute atomic E-state index is 0.0540. The van der Waals surface area contributed by atoms with Gasteiger partial charge in [0.25, 0.3) is 0 Å². The highest BCUT2D eigenvalue weighted by Gasteiger charge is 2.34. The SMILES string of the molecule is O=S(=O)(Cc1cc(Cl)cc(Cl)c1)N1CCC(N2CCNCC2)C1. The van der Waals surface area contributed by atoms with Gasteiger partial charge in [-0.2, -0.15) is 0 Å². The third-order valence-corrected chi connectivity index (χ3v) is 6.71. The van der Waals surface area contributed by atoms with Gasteiger partial charge in [-0.25, -0.2) is 12.7 Å². The molecule has 2 fully saturated rings.